The molecule has 3 aliphatic rings. The summed E-state index contributed by atoms with van der Waals surface area (Å²) in [4.78, 5) is 28.7. The molecule has 0 amide bonds. The molecule has 192 valence electrons. The van der Waals surface area contributed by atoms with Crippen LogP contribution in [0.25, 0.3) is 22.1 Å². The average Bonchev–Trinajstić information content (AvgIpc) is 3.59. The molecule has 2 aliphatic heterocycles. The second kappa shape index (κ2) is 8.31. The van der Waals surface area contributed by atoms with Gasteiger partial charge in [-0.25, -0.2) is 9.97 Å². The average molecular weight is 512 g/mol. The number of carbonyl (C=O) groups is 1. The molecule has 0 unspecified atom stereocenters. The second-order valence-electron chi connectivity index (χ2n) is 9.94. The molecule has 9 heteroatoms. The van der Waals surface area contributed by atoms with Crippen LogP contribution in [-0.4, -0.2) is 49.3 Å². The molecule has 3 atom stereocenters. The van der Waals surface area contributed by atoms with E-state index >= 15 is 0 Å². The molecule has 7 rings (SSSR count). The number of aryl methyl sites for hydroxylation is 2. The lowest BCUT2D eigenvalue weighted by Gasteiger charge is -2.36. The van der Waals surface area contributed by atoms with Crippen molar-refractivity contribution in [2.75, 3.05) is 27.6 Å². The first-order chi connectivity index (χ1) is 18.5. The Labute approximate surface area is 218 Å². The number of nitrogens with zero attached hydrogens (tertiary/aromatic N) is 3. The molecule has 0 radical (unpaired) electrons. The van der Waals surface area contributed by atoms with Gasteiger partial charge in [0.05, 0.1) is 48.3 Å². The number of oxime groups is 1. The number of fused-ring (bicyclic) bond motifs is 6. The van der Waals surface area contributed by atoms with Gasteiger partial charge in [0.2, 0.25) is 6.79 Å². The summed E-state index contributed by atoms with van der Waals surface area (Å²) in [7, 11) is 3.02. The fraction of sp³-hybridized carbons (Fsp3) is 0.310. The summed E-state index contributed by atoms with van der Waals surface area (Å²) < 4.78 is 22.5. The van der Waals surface area contributed by atoms with Crippen molar-refractivity contribution in [2.24, 2.45) is 17.0 Å². The van der Waals surface area contributed by atoms with Crippen molar-refractivity contribution in [1.29, 1.82) is 0 Å². The van der Waals surface area contributed by atoms with Crippen molar-refractivity contribution in [3.05, 3.63) is 64.2 Å². The monoisotopic (exact) mass is 511 g/mol. The lowest BCUT2D eigenvalue weighted by Crippen LogP contribution is -2.40. The number of ether oxygens (including phenoxy) is 4. The van der Waals surface area contributed by atoms with E-state index in [0.717, 1.165) is 38.9 Å². The summed E-state index contributed by atoms with van der Waals surface area (Å²) in [5.74, 6) is 0.263. The number of aromatic nitrogens is 2. The third kappa shape index (κ3) is 3.24. The highest BCUT2D eigenvalue weighted by Gasteiger charge is 2.49. The fourth-order valence-electron chi connectivity index (χ4n) is 5.90. The van der Waals surface area contributed by atoms with Crippen molar-refractivity contribution < 1.29 is 28.6 Å². The van der Waals surface area contributed by atoms with Gasteiger partial charge in [-0.3, -0.25) is 4.79 Å². The Morgan fingerprint density at radius 3 is 2.39 bits per heavy atom. The van der Waals surface area contributed by atoms with Gasteiger partial charge in [0.1, 0.15) is 17.9 Å². The summed E-state index contributed by atoms with van der Waals surface area (Å²) in [6.07, 6.45) is 0. The zero-order valence-electron chi connectivity index (χ0n) is 21.4. The topological polar surface area (TPSA) is 101 Å². The summed E-state index contributed by atoms with van der Waals surface area (Å²) in [6, 6.07) is 11.9. The number of esters is 1. The first-order valence-electron chi connectivity index (χ1n) is 12.4. The van der Waals surface area contributed by atoms with Crippen LogP contribution in [0.3, 0.4) is 0 Å². The highest BCUT2D eigenvalue weighted by atomic mass is 16.7. The van der Waals surface area contributed by atoms with Crippen molar-refractivity contribution in [2.45, 2.75) is 19.8 Å². The molecule has 9 nitrogen and oxygen atoms in total. The number of hydrogen-bond acceptors (Lipinski definition) is 9. The number of carbonyl (C=O) groups excluding carboxylic acids is 1. The Balaban J connectivity index is 1.50. The Morgan fingerprint density at radius 2 is 1.66 bits per heavy atom. The van der Waals surface area contributed by atoms with Crippen LogP contribution in [0.1, 0.15) is 33.7 Å². The fourth-order valence-corrected chi connectivity index (χ4v) is 5.90. The van der Waals surface area contributed by atoms with E-state index in [2.05, 4.69) is 19.0 Å². The molecule has 3 heterocycles. The van der Waals surface area contributed by atoms with Gasteiger partial charge in [0, 0.05) is 11.5 Å². The van der Waals surface area contributed by atoms with Crippen LogP contribution in [0.5, 0.6) is 17.2 Å². The maximum absolute atomic E-state index is 13.4. The highest BCUT2D eigenvalue weighted by molar-refractivity contribution is 6.08. The first kappa shape index (κ1) is 22.8. The molecule has 0 fully saturated rings. The lowest BCUT2D eigenvalue weighted by atomic mass is 9.65. The predicted molar refractivity (Wildman–Crippen MR) is 139 cm³/mol. The molecule has 0 saturated carbocycles. The van der Waals surface area contributed by atoms with Gasteiger partial charge in [0.25, 0.3) is 0 Å². The minimum Gasteiger partial charge on any atom is -0.494 e. The quantitative estimate of drug-likeness (QED) is 0.294. The highest BCUT2D eigenvalue weighted by Crippen LogP contribution is 2.50. The van der Waals surface area contributed by atoms with Crippen molar-refractivity contribution in [3.8, 4) is 17.2 Å². The van der Waals surface area contributed by atoms with Crippen LogP contribution >= 0.6 is 0 Å². The summed E-state index contributed by atoms with van der Waals surface area (Å²) >= 11 is 0. The molecule has 1 aromatic heterocycles. The summed E-state index contributed by atoms with van der Waals surface area (Å²) in [5, 5.41) is 4.32. The molecule has 0 bridgehead atoms. The number of hydrogen-bond donors (Lipinski definition) is 0. The molecular formula is C29H25N3O6. The van der Waals surface area contributed by atoms with Gasteiger partial charge in [-0.05, 0) is 72.5 Å². The van der Waals surface area contributed by atoms with Crippen molar-refractivity contribution >= 4 is 33.7 Å². The van der Waals surface area contributed by atoms with E-state index in [1.165, 1.54) is 7.11 Å². The van der Waals surface area contributed by atoms with Crippen LogP contribution < -0.4 is 14.2 Å². The normalized spacial score (nSPS) is 21.1. The van der Waals surface area contributed by atoms with Gasteiger partial charge >= 0.3 is 5.97 Å². The third-order valence-electron chi connectivity index (χ3n) is 7.91. The van der Waals surface area contributed by atoms with Gasteiger partial charge in [-0.2, -0.15) is 0 Å². The number of rotatable bonds is 3. The Morgan fingerprint density at radius 1 is 0.921 bits per heavy atom. The van der Waals surface area contributed by atoms with Crippen LogP contribution in [0.4, 0.5) is 0 Å². The minimum atomic E-state index is -0.574. The zero-order valence-corrected chi connectivity index (χ0v) is 21.4. The zero-order chi connectivity index (χ0) is 26.1. The number of methoxy groups -OCH3 is 2. The minimum absolute atomic E-state index is 0.140. The van der Waals surface area contributed by atoms with E-state index in [4.69, 9.17) is 33.8 Å². The van der Waals surface area contributed by atoms with Crippen LogP contribution in [0, 0.1) is 25.7 Å². The van der Waals surface area contributed by atoms with E-state index < -0.39 is 11.8 Å². The molecule has 38 heavy (non-hydrogen) atoms. The summed E-state index contributed by atoms with van der Waals surface area (Å²) in [5.41, 5.74) is 8.57. The molecule has 0 spiro atoms. The van der Waals surface area contributed by atoms with E-state index in [-0.39, 0.29) is 25.3 Å². The molecule has 3 aromatic carbocycles. The molecule has 0 saturated heterocycles. The maximum Gasteiger partial charge on any atom is 0.310 e. The van der Waals surface area contributed by atoms with Gasteiger partial charge in [-0.15, -0.1) is 0 Å². The molecule has 1 aliphatic carbocycles. The largest absolute Gasteiger partial charge is 0.494 e. The van der Waals surface area contributed by atoms with E-state index in [1.807, 2.05) is 36.4 Å². The molecular weight excluding hydrogens is 486 g/mol. The Kier molecular flexibility index (Phi) is 4.98. The van der Waals surface area contributed by atoms with E-state index in [1.54, 1.807) is 7.11 Å². The van der Waals surface area contributed by atoms with Crippen molar-refractivity contribution in [3.63, 3.8) is 0 Å². The van der Waals surface area contributed by atoms with Gasteiger partial charge in [0.15, 0.2) is 11.5 Å². The second-order valence-corrected chi connectivity index (χ2v) is 9.94. The third-order valence-corrected chi connectivity index (χ3v) is 7.91. The maximum atomic E-state index is 13.4. The molecule has 0 N–H and O–H groups in total. The lowest BCUT2D eigenvalue weighted by molar-refractivity contribution is -0.147. The summed E-state index contributed by atoms with van der Waals surface area (Å²) in [6.45, 7) is 4.54. The van der Waals surface area contributed by atoms with Gasteiger partial charge < -0.3 is 23.8 Å². The van der Waals surface area contributed by atoms with Crippen LogP contribution in [0.2, 0.25) is 0 Å². The predicted octanol–water partition coefficient (Wildman–Crippen LogP) is 4.42. The van der Waals surface area contributed by atoms with Crippen molar-refractivity contribution in [1.82, 2.24) is 9.97 Å². The van der Waals surface area contributed by atoms with E-state index in [9.17, 15) is 4.79 Å². The molecule has 4 aromatic rings. The standard InChI is InChI=1S/C29H25N3O6/c1-13-5-19-20(6-14(13)2)31-28-21(30-19)7-15(8-24(28)34-3)25-16-9-22-23(37-12-36-22)10-17(16)27-18(11-38-32-27)26(25)29(33)35-4/h5-10,18,25-26H,11-12H2,1-4H3/t18-,25-,26+/m1/s1. The Bertz CT molecular complexity index is 1700. The van der Waals surface area contributed by atoms with Gasteiger partial charge in [-0.1, -0.05) is 5.16 Å². The van der Waals surface area contributed by atoms with Crippen LogP contribution in [0.15, 0.2) is 41.6 Å². The first-order valence-corrected chi connectivity index (χ1v) is 12.4. The SMILES string of the molecule is COC(=O)[C@@H]1[C@H](c2cc(OC)c3nc4cc(C)c(C)cc4nc3c2)c2cc3c(cc2C2=NOC[C@@H]21)OCO3. The van der Waals surface area contributed by atoms with E-state index in [0.29, 0.717) is 34.0 Å². The Hall–Kier alpha value is -4.40. The smallest absolute Gasteiger partial charge is 0.310 e. The van der Waals surface area contributed by atoms with Crippen LogP contribution in [-0.2, 0) is 14.4 Å². The number of benzene rings is 3.